The number of nitrogens with one attached hydrogen (secondary N) is 3. The minimum absolute atomic E-state index is 0.120. The summed E-state index contributed by atoms with van der Waals surface area (Å²) in [7, 11) is 1.51. The van der Waals surface area contributed by atoms with Crippen LogP contribution in [0, 0.1) is 0 Å². The minimum atomic E-state index is -0.479. The first-order valence-electron chi connectivity index (χ1n) is 8.77. The monoisotopic (exact) mass is 402 g/mol. The van der Waals surface area contributed by atoms with E-state index in [1.807, 2.05) is 31.2 Å². The highest BCUT2D eigenvalue weighted by Crippen LogP contribution is 2.25. The van der Waals surface area contributed by atoms with Crippen LogP contribution in [0.3, 0.4) is 0 Å². The first-order valence-corrected chi connectivity index (χ1v) is 9.15. The van der Waals surface area contributed by atoms with E-state index in [-0.39, 0.29) is 23.4 Å². The number of para-hydroxylation sites is 1. The summed E-state index contributed by atoms with van der Waals surface area (Å²) in [6.07, 6.45) is 0.791. The van der Waals surface area contributed by atoms with Crippen LogP contribution in [-0.2, 0) is 16.0 Å². The normalized spacial score (nSPS) is 10.1. The molecule has 0 saturated heterocycles. The van der Waals surface area contributed by atoms with Gasteiger partial charge in [-0.2, -0.15) is 0 Å². The van der Waals surface area contributed by atoms with Gasteiger partial charge in [0.2, 0.25) is 11.8 Å². The Balaban J connectivity index is 1.95. The highest BCUT2D eigenvalue weighted by atomic mass is 35.5. The van der Waals surface area contributed by atoms with Crippen LogP contribution >= 0.6 is 11.6 Å². The number of aryl methyl sites for hydroxylation is 1. The van der Waals surface area contributed by atoms with E-state index < -0.39 is 6.03 Å². The average molecular weight is 403 g/mol. The molecule has 0 aliphatic carbocycles. The molecular weight excluding hydrogens is 380 g/mol. The summed E-state index contributed by atoms with van der Waals surface area (Å²) in [4.78, 5) is 36.9. The van der Waals surface area contributed by atoms with Gasteiger partial charge in [-0.15, -0.1) is 0 Å². The summed E-state index contributed by atoms with van der Waals surface area (Å²) in [5.41, 5.74) is 2.66. The van der Waals surface area contributed by atoms with Crippen LogP contribution in [0.5, 0.6) is 0 Å². The Kier molecular flexibility index (Phi) is 7.40. The van der Waals surface area contributed by atoms with E-state index in [0.717, 1.165) is 17.7 Å². The quantitative estimate of drug-likeness (QED) is 0.682. The zero-order valence-corrected chi connectivity index (χ0v) is 16.8. The van der Waals surface area contributed by atoms with E-state index in [1.54, 1.807) is 12.1 Å². The number of halogens is 1. The smallest absolute Gasteiger partial charge is 0.322 e. The van der Waals surface area contributed by atoms with Crippen LogP contribution in [0.25, 0.3) is 0 Å². The number of rotatable bonds is 6. The molecule has 148 valence electrons. The fourth-order valence-corrected chi connectivity index (χ4v) is 2.76. The molecule has 2 aromatic rings. The molecule has 0 spiro atoms. The molecule has 0 saturated carbocycles. The van der Waals surface area contributed by atoms with Crippen molar-refractivity contribution in [3.05, 3.63) is 53.1 Å². The van der Waals surface area contributed by atoms with Gasteiger partial charge >= 0.3 is 6.03 Å². The summed E-state index contributed by atoms with van der Waals surface area (Å²) in [5, 5.41) is 8.35. The minimum Gasteiger partial charge on any atom is -0.326 e. The van der Waals surface area contributed by atoms with Crippen molar-refractivity contribution in [1.82, 2.24) is 4.90 Å². The molecule has 8 heteroatoms. The molecule has 0 fully saturated rings. The number of benzene rings is 2. The van der Waals surface area contributed by atoms with Crippen molar-refractivity contribution in [3.63, 3.8) is 0 Å². The van der Waals surface area contributed by atoms with E-state index in [1.165, 1.54) is 24.9 Å². The van der Waals surface area contributed by atoms with E-state index in [0.29, 0.717) is 11.4 Å². The van der Waals surface area contributed by atoms with Gasteiger partial charge in [-0.1, -0.05) is 36.7 Å². The molecule has 3 N–H and O–H groups in total. The highest BCUT2D eigenvalue weighted by molar-refractivity contribution is 6.34. The molecule has 0 aliphatic heterocycles. The number of amides is 4. The van der Waals surface area contributed by atoms with Crippen molar-refractivity contribution in [2.24, 2.45) is 0 Å². The van der Waals surface area contributed by atoms with Crippen molar-refractivity contribution >= 4 is 46.5 Å². The number of hydrogen-bond acceptors (Lipinski definition) is 3. The van der Waals surface area contributed by atoms with Crippen molar-refractivity contribution in [3.8, 4) is 0 Å². The van der Waals surface area contributed by atoms with Crippen LogP contribution in [0.2, 0.25) is 5.02 Å². The predicted octanol–water partition coefficient (Wildman–Crippen LogP) is 3.96. The van der Waals surface area contributed by atoms with Gasteiger partial charge in [0.25, 0.3) is 0 Å². The molecule has 0 unspecified atom stereocenters. The second-order valence-electron chi connectivity index (χ2n) is 6.22. The highest BCUT2D eigenvalue weighted by Gasteiger charge is 2.15. The molecule has 0 atom stereocenters. The Morgan fingerprint density at radius 2 is 1.71 bits per heavy atom. The van der Waals surface area contributed by atoms with E-state index >= 15 is 0 Å². The van der Waals surface area contributed by atoms with Gasteiger partial charge in [-0.3, -0.25) is 9.59 Å². The van der Waals surface area contributed by atoms with Crippen LogP contribution in [0.4, 0.5) is 21.9 Å². The number of carbonyl (C=O) groups is 3. The first-order chi connectivity index (χ1) is 13.3. The van der Waals surface area contributed by atoms with Crippen LogP contribution < -0.4 is 16.0 Å². The maximum atomic E-state index is 12.3. The van der Waals surface area contributed by atoms with E-state index in [9.17, 15) is 14.4 Å². The lowest BCUT2D eigenvalue weighted by atomic mass is 10.1. The Bertz CT molecular complexity index is 886. The SMILES string of the molecule is CCc1ccccc1NC(=O)CN(C)C(=O)Nc1ccc(NC(C)=O)cc1Cl. The second kappa shape index (κ2) is 9.75. The number of urea groups is 1. The molecule has 2 rings (SSSR count). The fourth-order valence-electron chi connectivity index (χ4n) is 2.54. The largest absolute Gasteiger partial charge is 0.326 e. The third-order valence-electron chi connectivity index (χ3n) is 3.93. The maximum Gasteiger partial charge on any atom is 0.322 e. The molecule has 0 aliphatic rings. The third-order valence-corrected chi connectivity index (χ3v) is 4.24. The van der Waals surface area contributed by atoms with Gasteiger partial charge in [0, 0.05) is 25.3 Å². The summed E-state index contributed by atoms with van der Waals surface area (Å²) >= 11 is 6.14. The zero-order valence-electron chi connectivity index (χ0n) is 16.0. The molecule has 2 aromatic carbocycles. The molecule has 7 nitrogen and oxygen atoms in total. The van der Waals surface area contributed by atoms with Gasteiger partial charge in [0.05, 0.1) is 10.7 Å². The Labute approximate surface area is 169 Å². The fraction of sp³-hybridized carbons (Fsp3) is 0.250. The van der Waals surface area contributed by atoms with E-state index in [2.05, 4.69) is 16.0 Å². The lowest BCUT2D eigenvalue weighted by Crippen LogP contribution is -2.37. The van der Waals surface area contributed by atoms with Crippen LogP contribution in [0.15, 0.2) is 42.5 Å². The second-order valence-corrected chi connectivity index (χ2v) is 6.63. The lowest BCUT2D eigenvalue weighted by molar-refractivity contribution is -0.116. The molecule has 4 amide bonds. The Morgan fingerprint density at radius 3 is 2.36 bits per heavy atom. The van der Waals surface area contributed by atoms with Gasteiger partial charge in [-0.05, 0) is 36.2 Å². The number of nitrogens with zero attached hydrogens (tertiary/aromatic N) is 1. The molecule has 0 radical (unpaired) electrons. The van der Waals surface area contributed by atoms with E-state index in [4.69, 9.17) is 11.6 Å². The summed E-state index contributed by atoms with van der Waals surface area (Å²) in [6, 6.07) is 11.8. The van der Waals surface area contributed by atoms with Crippen molar-refractivity contribution < 1.29 is 14.4 Å². The molecule has 0 heterocycles. The summed E-state index contributed by atoms with van der Waals surface area (Å²) in [5.74, 6) is -0.520. The van der Waals surface area contributed by atoms with Crippen molar-refractivity contribution in [2.75, 3.05) is 29.5 Å². The molecule has 28 heavy (non-hydrogen) atoms. The van der Waals surface area contributed by atoms with Gasteiger partial charge < -0.3 is 20.9 Å². The van der Waals surface area contributed by atoms with Crippen molar-refractivity contribution in [2.45, 2.75) is 20.3 Å². The number of hydrogen-bond donors (Lipinski definition) is 3. The summed E-state index contributed by atoms with van der Waals surface area (Å²) < 4.78 is 0. The van der Waals surface area contributed by atoms with Crippen LogP contribution in [0.1, 0.15) is 19.4 Å². The lowest BCUT2D eigenvalue weighted by Gasteiger charge is -2.19. The van der Waals surface area contributed by atoms with Gasteiger partial charge in [-0.25, -0.2) is 4.79 Å². The number of likely N-dealkylation sites (N-methyl/N-ethyl adjacent to an activating group) is 1. The maximum absolute atomic E-state index is 12.3. The third kappa shape index (κ3) is 5.99. The summed E-state index contributed by atoms with van der Waals surface area (Å²) in [6.45, 7) is 3.28. The van der Waals surface area contributed by atoms with Gasteiger partial charge in [0.15, 0.2) is 0 Å². The van der Waals surface area contributed by atoms with Crippen molar-refractivity contribution in [1.29, 1.82) is 0 Å². The van der Waals surface area contributed by atoms with Crippen LogP contribution in [-0.4, -0.2) is 36.3 Å². The standard InChI is InChI=1S/C20H23ClN4O3/c1-4-14-7-5-6-8-17(14)23-19(27)12-25(3)20(28)24-18-10-9-15(11-16(18)21)22-13(2)26/h5-11H,4,12H2,1-3H3,(H,22,26)(H,23,27)(H,24,28). The van der Waals surface area contributed by atoms with Gasteiger partial charge in [0.1, 0.15) is 6.54 Å². The predicted molar refractivity (Wildman–Crippen MR) is 112 cm³/mol. The Morgan fingerprint density at radius 1 is 1.00 bits per heavy atom. The first kappa shape index (κ1) is 21.2. The number of carbonyl (C=O) groups excluding carboxylic acids is 3. The molecule has 0 bridgehead atoms. The zero-order chi connectivity index (χ0) is 20.7. The number of anilines is 3. The Hall–Kier alpha value is -3.06. The molecule has 0 aromatic heterocycles. The molecular formula is C20H23ClN4O3. The average Bonchev–Trinajstić information content (AvgIpc) is 2.63. The topological polar surface area (TPSA) is 90.5 Å².